The van der Waals surface area contributed by atoms with E-state index >= 15 is 0 Å². The Labute approximate surface area is 76.3 Å². The minimum absolute atomic E-state index is 0.154. The molecular weight excluding hydrogens is 173 g/mol. The molecule has 0 aliphatic heterocycles. The fourth-order valence-electron chi connectivity index (χ4n) is 1.19. The Kier molecular flexibility index (Phi) is 3.08. The quantitative estimate of drug-likeness (QED) is 0.772. The molecule has 0 aromatic heterocycles. The van der Waals surface area contributed by atoms with Crippen molar-refractivity contribution in [2.75, 3.05) is 14.2 Å². The Morgan fingerprint density at radius 1 is 1.31 bits per heavy atom. The van der Waals surface area contributed by atoms with Crippen molar-refractivity contribution < 1.29 is 13.9 Å². The molecule has 0 radical (unpaired) electrons. The first-order valence-corrected chi connectivity index (χ1v) is 3.84. The maximum Gasteiger partial charge on any atom is 0.165 e. The van der Waals surface area contributed by atoms with Crippen LogP contribution in [0.25, 0.3) is 0 Å². The highest BCUT2D eigenvalue weighted by atomic mass is 19.1. The van der Waals surface area contributed by atoms with Crippen molar-refractivity contribution in [2.45, 2.75) is 6.54 Å². The maximum atomic E-state index is 13.1. The highest BCUT2D eigenvalue weighted by Gasteiger charge is 2.12. The molecule has 2 N–H and O–H groups in total. The summed E-state index contributed by atoms with van der Waals surface area (Å²) in [6.07, 6.45) is 0. The molecule has 3 nitrogen and oxygen atoms in total. The van der Waals surface area contributed by atoms with Gasteiger partial charge in [-0.15, -0.1) is 0 Å². The molecule has 72 valence electrons. The zero-order valence-electron chi connectivity index (χ0n) is 7.63. The fourth-order valence-corrected chi connectivity index (χ4v) is 1.19. The van der Waals surface area contributed by atoms with E-state index in [0.717, 1.165) is 0 Å². The largest absolute Gasteiger partial charge is 0.496 e. The lowest BCUT2D eigenvalue weighted by Gasteiger charge is -2.11. The highest BCUT2D eigenvalue weighted by Crippen LogP contribution is 2.30. The van der Waals surface area contributed by atoms with Crippen LogP contribution < -0.4 is 15.2 Å². The first-order valence-electron chi connectivity index (χ1n) is 3.84. The number of hydrogen-bond acceptors (Lipinski definition) is 3. The highest BCUT2D eigenvalue weighted by molar-refractivity contribution is 5.45. The smallest absolute Gasteiger partial charge is 0.165 e. The number of nitrogens with two attached hydrogens (primary N) is 1. The maximum absolute atomic E-state index is 13.1. The average molecular weight is 185 g/mol. The summed E-state index contributed by atoms with van der Waals surface area (Å²) in [7, 11) is 2.91. The summed E-state index contributed by atoms with van der Waals surface area (Å²) in [5, 5.41) is 0. The van der Waals surface area contributed by atoms with Crippen molar-refractivity contribution >= 4 is 0 Å². The lowest BCUT2D eigenvalue weighted by atomic mass is 10.1. The molecule has 1 rings (SSSR count). The molecule has 0 bridgehead atoms. The molecule has 0 saturated carbocycles. The van der Waals surface area contributed by atoms with Gasteiger partial charge in [-0.3, -0.25) is 0 Å². The van der Waals surface area contributed by atoms with Crippen LogP contribution in [0.4, 0.5) is 4.39 Å². The van der Waals surface area contributed by atoms with Gasteiger partial charge in [0, 0.05) is 6.54 Å². The number of halogens is 1. The minimum Gasteiger partial charge on any atom is -0.496 e. The Balaban J connectivity index is 3.27. The second kappa shape index (κ2) is 4.09. The summed E-state index contributed by atoms with van der Waals surface area (Å²) in [4.78, 5) is 0. The van der Waals surface area contributed by atoms with E-state index in [-0.39, 0.29) is 12.3 Å². The average Bonchev–Trinajstić information content (AvgIpc) is 2.17. The van der Waals surface area contributed by atoms with E-state index in [1.165, 1.54) is 26.4 Å². The van der Waals surface area contributed by atoms with E-state index in [4.69, 9.17) is 15.2 Å². The normalized spacial score (nSPS) is 9.85. The summed E-state index contributed by atoms with van der Waals surface area (Å²) in [6, 6.07) is 2.82. The summed E-state index contributed by atoms with van der Waals surface area (Å²) >= 11 is 0. The zero-order chi connectivity index (χ0) is 9.84. The first kappa shape index (κ1) is 9.80. The summed E-state index contributed by atoms with van der Waals surface area (Å²) < 4.78 is 23.0. The SMILES string of the molecule is COc1ccc(F)c(OC)c1CN. The molecule has 1 aromatic carbocycles. The van der Waals surface area contributed by atoms with E-state index < -0.39 is 5.82 Å². The van der Waals surface area contributed by atoms with Gasteiger partial charge in [-0.2, -0.15) is 0 Å². The van der Waals surface area contributed by atoms with Gasteiger partial charge in [0.05, 0.1) is 19.8 Å². The van der Waals surface area contributed by atoms with Gasteiger partial charge >= 0.3 is 0 Å². The van der Waals surface area contributed by atoms with Gasteiger partial charge < -0.3 is 15.2 Å². The predicted molar refractivity (Wildman–Crippen MR) is 47.4 cm³/mol. The Bertz CT molecular complexity index is 302. The predicted octanol–water partition coefficient (Wildman–Crippen LogP) is 1.30. The molecule has 0 saturated heterocycles. The number of hydrogen-bond donors (Lipinski definition) is 1. The molecule has 0 spiro atoms. The van der Waals surface area contributed by atoms with Crippen molar-refractivity contribution in [1.82, 2.24) is 0 Å². The molecular formula is C9H12FNO2. The van der Waals surface area contributed by atoms with Crippen molar-refractivity contribution in [2.24, 2.45) is 5.73 Å². The third kappa shape index (κ3) is 1.72. The second-order valence-corrected chi connectivity index (χ2v) is 2.47. The summed E-state index contributed by atoms with van der Waals surface area (Å²) in [5.41, 5.74) is 5.99. The molecule has 1 aromatic rings. The summed E-state index contributed by atoms with van der Waals surface area (Å²) in [6.45, 7) is 0.185. The molecule has 4 heteroatoms. The summed E-state index contributed by atoms with van der Waals surface area (Å²) in [5.74, 6) is 0.270. The van der Waals surface area contributed by atoms with Crippen LogP contribution in [0, 0.1) is 5.82 Å². The standard InChI is InChI=1S/C9H12FNO2/c1-12-8-4-3-7(10)9(13-2)6(8)5-11/h3-4H,5,11H2,1-2H3. The number of rotatable bonds is 3. The molecule has 0 amide bonds. The second-order valence-electron chi connectivity index (χ2n) is 2.47. The van der Waals surface area contributed by atoms with Crippen molar-refractivity contribution in [3.63, 3.8) is 0 Å². The molecule has 0 aliphatic rings. The third-order valence-corrected chi connectivity index (χ3v) is 1.80. The van der Waals surface area contributed by atoms with Crippen LogP contribution in [-0.4, -0.2) is 14.2 Å². The first-order chi connectivity index (χ1) is 6.24. The van der Waals surface area contributed by atoms with Crippen molar-refractivity contribution in [3.05, 3.63) is 23.5 Å². The number of benzene rings is 1. The van der Waals surface area contributed by atoms with E-state index in [9.17, 15) is 4.39 Å². The van der Waals surface area contributed by atoms with Gasteiger partial charge in [0.15, 0.2) is 11.6 Å². The van der Waals surface area contributed by atoms with Crippen molar-refractivity contribution in [1.29, 1.82) is 0 Å². The molecule has 13 heavy (non-hydrogen) atoms. The minimum atomic E-state index is -0.427. The van der Waals surface area contributed by atoms with Crippen LogP contribution in [0.1, 0.15) is 5.56 Å². The third-order valence-electron chi connectivity index (χ3n) is 1.80. The van der Waals surface area contributed by atoms with Gasteiger partial charge in [-0.1, -0.05) is 0 Å². The topological polar surface area (TPSA) is 44.5 Å². The fraction of sp³-hybridized carbons (Fsp3) is 0.333. The Hall–Kier alpha value is -1.29. The van der Waals surface area contributed by atoms with Gasteiger partial charge in [-0.25, -0.2) is 4.39 Å². The van der Waals surface area contributed by atoms with Gasteiger partial charge in [0.1, 0.15) is 5.75 Å². The number of ether oxygens (including phenoxy) is 2. The lowest BCUT2D eigenvalue weighted by Crippen LogP contribution is -2.04. The van der Waals surface area contributed by atoms with Gasteiger partial charge in [0.2, 0.25) is 0 Å². The van der Waals surface area contributed by atoms with E-state index in [1.807, 2.05) is 0 Å². The number of methoxy groups -OCH3 is 2. The zero-order valence-corrected chi connectivity index (χ0v) is 7.63. The van der Waals surface area contributed by atoms with Gasteiger partial charge in [0.25, 0.3) is 0 Å². The van der Waals surface area contributed by atoms with Crippen LogP contribution in [0.5, 0.6) is 11.5 Å². The Morgan fingerprint density at radius 2 is 2.00 bits per heavy atom. The van der Waals surface area contributed by atoms with Gasteiger partial charge in [-0.05, 0) is 12.1 Å². The Morgan fingerprint density at radius 3 is 2.46 bits per heavy atom. The van der Waals surface area contributed by atoms with Crippen LogP contribution in [-0.2, 0) is 6.54 Å². The van der Waals surface area contributed by atoms with E-state index in [2.05, 4.69) is 0 Å². The monoisotopic (exact) mass is 185 g/mol. The van der Waals surface area contributed by atoms with Crippen LogP contribution in [0.15, 0.2) is 12.1 Å². The molecule has 0 unspecified atom stereocenters. The molecule has 0 fully saturated rings. The van der Waals surface area contributed by atoms with Crippen LogP contribution in [0.2, 0.25) is 0 Å². The van der Waals surface area contributed by atoms with Crippen LogP contribution >= 0.6 is 0 Å². The van der Waals surface area contributed by atoms with Crippen molar-refractivity contribution in [3.8, 4) is 11.5 Å². The molecule has 0 atom stereocenters. The molecule has 0 aliphatic carbocycles. The van der Waals surface area contributed by atoms with E-state index in [1.54, 1.807) is 0 Å². The van der Waals surface area contributed by atoms with E-state index in [0.29, 0.717) is 11.3 Å². The van der Waals surface area contributed by atoms with Crippen LogP contribution in [0.3, 0.4) is 0 Å². The molecule has 0 heterocycles. The lowest BCUT2D eigenvalue weighted by molar-refractivity contribution is 0.366.